The lowest BCUT2D eigenvalue weighted by molar-refractivity contribution is -0.144. The summed E-state index contributed by atoms with van der Waals surface area (Å²) in [6.07, 6.45) is 7.47. The number of nitrogens with one attached hydrogen (secondary N) is 1. The predicted molar refractivity (Wildman–Crippen MR) is 53.9 cm³/mol. The van der Waals surface area contributed by atoms with Crippen molar-refractivity contribution in [2.75, 3.05) is 13.1 Å². The lowest BCUT2D eigenvalue weighted by Gasteiger charge is -2.16. The van der Waals surface area contributed by atoms with Crippen LogP contribution in [0.15, 0.2) is 11.6 Å². The Hall–Kier alpha value is -0.830. The zero-order valence-corrected chi connectivity index (χ0v) is 8.42. The van der Waals surface area contributed by atoms with Crippen LogP contribution in [0, 0.1) is 0 Å². The minimum absolute atomic E-state index is 0.0848. The van der Waals surface area contributed by atoms with E-state index in [-0.39, 0.29) is 12.1 Å². The van der Waals surface area contributed by atoms with Gasteiger partial charge in [0.15, 0.2) is 0 Å². The number of ether oxygens (including phenoxy) is 1. The van der Waals surface area contributed by atoms with E-state index in [4.69, 9.17) is 4.74 Å². The first kappa shape index (κ1) is 9.71. The summed E-state index contributed by atoms with van der Waals surface area (Å²) in [6.45, 7) is 1.70. The second-order valence-corrected chi connectivity index (χ2v) is 4.00. The van der Waals surface area contributed by atoms with Gasteiger partial charge >= 0.3 is 5.97 Å². The van der Waals surface area contributed by atoms with Crippen LogP contribution in [0.5, 0.6) is 0 Å². The Balaban J connectivity index is 1.84. The molecule has 0 amide bonds. The maximum atomic E-state index is 11.6. The summed E-state index contributed by atoms with van der Waals surface area (Å²) in [5, 5.41) is 3.18. The van der Waals surface area contributed by atoms with Gasteiger partial charge in [-0.15, -0.1) is 0 Å². The quantitative estimate of drug-likeness (QED) is 0.677. The molecule has 1 aliphatic carbocycles. The normalized spacial score (nSPS) is 23.3. The van der Waals surface area contributed by atoms with Crippen LogP contribution >= 0.6 is 0 Å². The molecule has 0 aromatic heterocycles. The van der Waals surface area contributed by atoms with Crippen molar-refractivity contribution in [1.82, 2.24) is 5.32 Å². The van der Waals surface area contributed by atoms with Crippen LogP contribution in [0.1, 0.15) is 32.1 Å². The van der Waals surface area contributed by atoms with Crippen molar-refractivity contribution in [3.63, 3.8) is 0 Å². The molecule has 0 spiro atoms. The van der Waals surface area contributed by atoms with Crippen LogP contribution in [0.3, 0.4) is 0 Å². The van der Waals surface area contributed by atoms with E-state index < -0.39 is 0 Å². The topological polar surface area (TPSA) is 38.3 Å². The van der Waals surface area contributed by atoms with Crippen LogP contribution in [-0.2, 0) is 9.53 Å². The van der Waals surface area contributed by atoms with E-state index >= 15 is 0 Å². The van der Waals surface area contributed by atoms with Gasteiger partial charge in [-0.2, -0.15) is 0 Å². The molecule has 0 saturated heterocycles. The number of hydrogen-bond donors (Lipinski definition) is 1. The molecular formula is C11H17NO2. The Bertz CT molecular complexity index is 242. The largest absolute Gasteiger partial charge is 0.459 e. The Morgan fingerprint density at radius 2 is 2.21 bits per heavy atom. The van der Waals surface area contributed by atoms with Crippen LogP contribution in [0.2, 0.25) is 0 Å². The van der Waals surface area contributed by atoms with Crippen LogP contribution < -0.4 is 5.32 Å². The molecule has 1 fully saturated rings. The van der Waals surface area contributed by atoms with Crippen molar-refractivity contribution in [2.24, 2.45) is 0 Å². The molecule has 1 aliphatic heterocycles. The summed E-state index contributed by atoms with van der Waals surface area (Å²) >= 11 is 0. The van der Waals surface area contributed by atoms with Crippen molar-refractivity contribution < 1.29 is 9.53 Å². The van der Waals surface area contributed by atoms with Gasteiger partial charge in [0.1, 0.15) is 6.10 Å². The van der Waals surface area contributed by atoms with Crippen molar-refractivity contribution in [2.45, 2.75) is 38.2 Å². The molecule has 78 valence electrons. The maximum Gasteiger partial charge on any atom is 0.334 e. The Morgan fingerprint density at radius 1 is 1.43 bits per heavy atom. The average molecular weight is 195 g/mol. The van der Waals surface area contributed by atoms with Gasteiger partial charge in [0.05, 0.1) is 0 Å². The zero-order chi connectivity index (χ0) is 9.80. The Kier molecular flexibility index (Phi) is 3.19. The molecule has 0 radical (unpaired) electrons. The van der Waals surface area contributed by atoms with E-state index in [1.54, 1.807) is 0 Å². The number of hydrogen-bond acceptors (Lipinski definition) is 3. The minimum Gasteiger partial charge on any atom is -0.459 e. The molecule has 3 heteroatoms. The van der Waals surface area contributed by atoms with Crippen LogP contribution in [0.4, 0.5) is 0 Å². The highest BCUT2D eigenvalue weighted by Gasteiger charge is 2.21. The fourth-order valence-corrected chi connectivity index (χ4v) is 2.04. The van der Waals surface area contributed by atoms with Crippen molar-refractivity contribution >= 4 is 5.97 Å². The zero-order valence-electron chi connectivity index (χ0n) is 8.42. The third kappa shape index (κ3) is 2.35. The van der Waals surface area contributed by atoms with E-state index in [0.29, 0.717) is 0 Å². The molecule has 14 heavy (non-hydrogen) atoms. The summed E-state index contributed by atoms with van der Waals surface area (Å²) in [5.41, 5.74) is 0.857. The minimum atomic E-state index is -0.0848. The summed E-state index contributed by atoms with van der Waals surface area (Å²) in [5.74, 6) is -0.0848. The first-order valence-corrected chi connectivity index (χ1v) is 5.47. The predicted octanol–water partition coefficient (Wildman–Crippen LogP) is 1.39. The highest BCUT2D eigenvalue weighted by atomic mass is 16.5. The standard InChI is InChI=1S/C11H17NO2/c13-11(9-5-7-12-8-6-9)14-10-3-1-2-4-10/h5,10,12H,1-4,6-8H2. The summed E-state index contributed by atoms with van der Waals surface area (Å²) in [7, 11) is 0. The molecule has 3 nitrogen and oxygen atoms in total. The van der Waals surface area contributed by atoms with Gasteiger partial charge in [0.2, 0.25) is 0 Å². The third-order valence-electron chi connectivity index (χ3n) is 2.90. The van der Waals surface area contributed by atoms with E-state index in [1.165, 1.54) is 12.8 Å². The molecule has 2 rings (SSSR count). The van der Waals surface area contributed by atoms with Gasteiger partial charge in [-0.05, 0) is 38.6 Å². The molecule has 2 aliphatic rings. The molecule has 0 aromatic carbocycles. The first-order chi connectivity index (χ1) is 6.86. The average Bonchev–Trinajstić information content (AvgIpc) is 2.72. The van der Waals surface area contributed by atoms with E-state index in [9.17, 15) is 4.79 Å². The molecule has 1 saturated carbocycles. The number of carbonyl (C=O) groups excluding carboxylic acids is 1. The second kappa shape index (κ2) is 4.60. The molecule has 1 N–H and O–H groups in total. The summed E-state index contributed by atoms with van der Waals surface area (Å²) in [6, 6.07) is 0. The van der Waals surface area contributed by atoms with E-state index in [1.807, 2.05) is 6.08 Å². The highest BCUT2D eigenvalue weighted by Crippen LogP contribution is 2.22. The lowest BCUT2D eigenvalue weighted by Crippen LogP contribution is -2.25. The SMILES string of the molecule is O=C(OC1CCCC1)C1=CCNCC1. The number of carbonyl (C=O) groups is 1. The maximum absolute atomic E-state index is 11.6. The summed E-state index contributed by atoms with van der Waals surface area (Å²) < 4.78 is 5.42. The van der Waals surface area contributed by atoms with Crippen molar-refractivity contribution in [3.8, 4) is 0 Å². The summed E-state index contributed by atoms with van der Waals surface area (Å²) in [4.78, 5) is 11.6. The smallest absolute Gasteiger partial charge is 0.334 e. The van der Waals surface area contributed by atoms with Gasteiger partial charge in [-0.3, -0.25) is 0 Å². The molecule has 0 bridgehead atoms. The molecule has 0 unspecified atom stereocenters. The van der Waals surface area contributed by atoms with E-state index in [2.05, 4.69) is 5.32 Å². The monoisotopic (exact) mass is 195 g/mol. The van der Waals surface area contributed by atoms with Gasteiger partial charge in [-0.1, -0.05) is 6.08 Å². The Morgan fingerprint density at radius 3 is 2.86 bits per heavy atom. The van der Waals surface area contributed by atoms with Crippen molar-refractivity contribution in [1.29, 1.82) is 0 Å². The fourth-order valence-electron chi connectivity index (χ4n) is 2.04. The second-order valence-electron chi connectivity index (χ2n) is 4.00. The van der Waals surface area contributed by atoms with E-state index in [0.717, 1.165) is 37.9 Å². The fraction of sp³-hybridized carbons (Fsp3) is 0.727. The molecule has 1 heterocycles. The third-order valence-corrected chi connectivity index (χ3v) is 2.90. The van der Waals surface area contributed by atoms with Gasteiger partial charge in [0, 0.05) is 12.1 Å². The Labute approximate surface area is 84.5 Å². The van der Waals surface area contributed by atoms with Crippen LogP contribution in [0.25, 0.3) is 0 Å². The molecular weight excluding hydrogens is 178 g/mol. The number of rotatable bonds is 2. The van der Waals surface area contributed by atoms with Crippen molar-refractivity contribution in [3.05, 3.63) is 11.6 Å². The highest BCUT2D eigenvalue weighted by molar-refractivity contribution is 5.88. The molecule has 0 aromatic rings. The lowest BCUT2D eigenvalue weighted by atomic mass is 10.1. The van der Waals surface area contributed by atoms with Gasteiger partial charge < -0.3 is 10.1 Å². The first-order valence-electron chi connectivity index (χ1n) is 5.47. The van der Waals surface area contributed by atoms with Gasteiger partial charge in [0.25, 0.3) is 0 Å². The van der Waals surface area contributed by atoms with Gasteiger partial charge in [-0.25, -0.2) is 4.79 Å². The van der Waals surface area contributed by atoms with Crippen LogP contribution in [-0.4, -0.2) is 25.2 Å². The molecule has 0 atom stereocenters. The number of esters is 1.